The third kappa shape index (κ3) is 4.41. The molecular formula is C11H15N3O5. The molecule has 1 unspecified atom stereocenters. The van der Waals surface area contributed by atoms with E-state index >= 15 is 0 Å². The fourth-order valence-corrected chi connectivity index (χ4v) is 1.63. The number of nitrogens with one attached hydrogen (secondary N) is 3. The number of carbonyl (C=O) groups excluding carboxylic acids is 1. The van der Waals surface area contributed by atoms with E-state index in [2.05, 4.69) is 10.3 Å². The van der Waals surface area contributed by atoms with E-state index in [1.54, 1.807) is 0 Å². The number of hydrogen-bond donors (Lipinski definition) is 4. The molecule has 4 N–H and O–H groups in total. The van der Waals surface area contributed by atoms with E-state index in [1.807, 2.05) is 11.9 Å². The molecule has 0 aliphatic heterocycles. The summed E-state index contributed by atoms with van der Waals surface area (Å²) in [4.78, 5) is 48.8. The van der Waals surface area contributed by atoms with Gasteiger partial charge >= 0.3 is 11.7 Å². The number of carbonyl (C=O) groups is 2. The molecule has 0 radical (unpaired) electrons. The number of aromatic amines is 2. The van der Waals surface area contributed by atoms with Crippen molar-refractivity contribution in [3.63, 3.8) is 0 Å². The highest BCUT2D eigenvalue weighted by Crippen LogP contribution is 2.03. The number of rotatable bonds is 6. The molecule has 0 saturated heterocycles. The quantitative estimate of drug-likeness (QED) is 0.549. The Morgan fingerprint density at radius 3 is 2.63 bits per heavy atom. The lowest BCUT2D eigenvalue weighted by Gasteiger charge is -2.15. The molecule has 104 valence electrons. The van der Waals surface area contributed by atoms with Crippen LogP contribution >= 0.6 is 0 Å². The third-order valence-corrected chi connectivity index (χ3v) is 2.46. The van der Waals surface area contributed by atoms with Gasteiger partial charge in [0.1, 0.15) is 5.56 Å². The largest absolute Gasteiger partial charge is 0.481 e. The number of carboxylic acid groups (broad SMARTS) is 1. The minimum atomic E-state index is -1.03. The summed E-state index contributed by atoms with van der Waals surface area (Å²) in [6.45, 7) is 1.85. The molecule has 0 spiro atoms. The van der Waals surface area contributed by atoms with Gasteiger partial charge in [-0.2, -0.15) is 0 Å². The van der Waals surface area contributed by atoms with E-state index < -0.39 is 29.2 Å². The maximum Gasteiger partial charge on any atom is 0.325 e. The maximum absolute atomic E-state index is 11.8. The van der Waals surface area contributed by atoms with Crippen molar-refractivity contribution in [2.45, 2.75) is 32.2 Å². The Morgan fingerprint density at radius 2 is 2.11 bits per heavy atom. The highest BCUT2D eigenvalue weighted by molar-refractivity contribution is 5.93. The first kappa shape index (κ1) is 14.7. The normalized spacial score (nSPS) is 11.8. The van der Waals surface area contributed by atoms with Crippen LogP contribution in [0.25, 0.3) is 0 Å². The van der Waals surface area contributed by atoms with Crippen LogP contribution in [-0.4, -0.2) is 33.0 Å². The smallest absolute Gasteiger partial charge is 0.325 e. The van der Waals surface area contributed by atoms with Gasteiger partial charge in [0.05, 0.1) is 6.42 Å². The standard InChI is InChI=1S/C11H15N3O5/c1-2-3-6(4-8(15)16)13-9(17)7-5-12-11(19)14-10(7)18/h5-6H,2-4H2,1H3,(H,13,17)(H,15,16)(H2,12,14,18,19). The molecular weight excluding hydrogens is 254 g/mol. The lowest BCUT2D eigenvalue weighted by Crippen LogP contribution is -2.40. The van der Waals surface area contributed by atoms with Crippen LogP contribution in [0.3, 0.4) is 0 Å². The zero-order valence-electron chi connectivity index (χ0n) is 10.4. The van der Waals surface area contributed by atoms with Crippen LogP contribution in [0.2, 0.25) is 0 Å². The van der Waals surface area contributed by atoms with Crippen molar-refractivity contribution >= 4 is 11.9 Å². The summed E-state index contributed by atoms with van der Waals surface area (Å²) in [6.07, 6.45) is 1.96. The van der Waals surface area contributed by atoms with Gasteiger partial charge in [0.2, 0.25) is 0 Å². The second kappa shape index (κ2) is 6.53. The maximum atomic E-state index is 11.8. The zero-order chi connectivity index (χ0) is 14.4. The molecule has 1 rings (SSSR count). The minimum Gasteiger partial charge on any atom is -0.481 e. The Hall–Kier alpha value is -2.38. The lowest BCUT2D eigenvalue weighted by molar-refractivity contribution is -0.137. The third-order valence-electron chi connectivity index (χ3n) is 2.46. The van der Waals surface area contributed by atoms with Crippen LogP contribution in [0.5, 0.6) is 0 Å². The zero-order valence-corrected chi connectivity index (χ0v) is 10.4. The first-order valence-corrected chi connectivity index (χ1v) is 5.78. The number of carboxylic acids is 1. The van der Waals surface area contributed by atoms with Gasteiger partial charge in [-0.05, 0) is 6.42 Å². The summed E-state index contributed by atoms with van der Waals surface area (Å²) in [7, 11) is 0. The van der Waals surface area contributed by atoms with Gasteiger partial charge in [-0.3, -0.25) is 19.4 Å². The van der Waals surface area contributed by atoms with Crippen molar-refractivity contribution in [3.8, 4) is 0 Å². The Kier molecular flexibility index (Phi) is 5.04. The van der Waals surface area contributed by atoms with Gasteiger partial charge in [-0.1, -0.05) is 13.3 Å². The highest BCUT2D eigenvalue weighted by atomic mass is 16.4. The van der Waals surface area contributed by atoms with E-state index in [9.17, 15) is 19.2 Å². The monoisotopic (exact) mass is 269 g/mol. The van der Waals surface area contributed by atoms with E-state index in [-0.39, 0.29) is 12.0 Å². The van der Waals surface area contributed by atoms with Gasteiger partial charge in [0.25, 0.3) is 11.5 Å². The molecule has 0 saturated carbocycles. The molecule has 0 aliphatic carbocycles. The van der Waals surface area contributed by atoms with Gasteiger partial charge in [-0.25, -0.2) is 4.79 Å². The van der Waals surface area contributed by atoms with E-state index in [4.69, 9.17) is 5.11 Å². The van der Waals surface area contributed by atoms with Gasteiger partial charge < -0.3 is 15.4 Å². The first-order valence-electron chi connectivity index (χ1n) is 5.78. The van der Waals surface area contributed by atoms with Crippen molar-refractivity contribution in [2.75, 3.05) is 0 Å². The molecule has 8 heteroatoms. The fraction of sp³-hybridized carbons (Fsp3) is 0.455. The van der Waals surface area contributed by atoms with Crippen molar-refractivity contribution in [1.82, 2.24) is 15.3 Å². The lowest BCUT2D eigenvalue weighted by atomic mass is 10.1. The molecule has 19 heavy (non-hydrogen) atoms. The Balaban J connectivity index is 2.84. The molecule has 1 heterocycles. The number of aliphatic carboxylic acids is 1. The molecule has 1 aromatic heterocycles. The fourth-order valence-electron chi connectivity index (χ4n) is 1.63. The van der Waals surface area contributed by atoms with Gasteiger partial charge in [-0.15, -0.1) is 0 Å². The summed E-state index contributed by atoms with van der Waals surface area (Å²) in [5.74, 6) is -1.74. The molecule has 0 aromatic carbocycles. The molecule has 1 atom stereocenters. The molecule has 0 aliphatic rings. The van der Waals surface area contributed by atoms with Gasteiger partial charge in [0.15, 0.2) is 0 Å². The second-order valence-corrected chi connectivity index (χ2v) is 4.04. The van der Waals surface area contributed by atoms with Crippen molar-refractivity contribution in [1.29, 1.82) is 0 Å². The predicted octanol–water partition coefficient (Wildman–Crippen LogP) is -0.564. The number of H-pyrrole nitrogens is 2. The summed E-state index contributed by atoms with van der Waals surface area (Å²) < 4.78 is 0. The predicted molar refractivity (Wildman–Crippen MR) is 66.1 cm³/mol. The SMILES string of the molecule is CCCC(CC(=O)O)NC(=O)c1c[nH]c(=O)[nH]c1=O. The van der Waals surface area contributed by atoms with E-state index in [0.29, 0.717) is 12.8 Å². The molecule has 1 aromatic rings. The Labute approximate surface area is 107 Å². The highest BCUT2D eigenvalue weighted by Gasteiger charge is 2.18. The van der Waals surface area contributed by atoms with Crippen LogP contribution in [0, 0.1) is 0 Å². The van der Waals surface area contributed by atoms with E-state index in [1.165, 1.54) is 0 Å². The van der Waals surface area contributed by atoms with E-state index in [0.717, 1.165) is 6.20 Å². The molecule has 0 bridgehead atoms. The summed E-state index contributed by atoms with van der Waals surface area (Å²) in [6, 6.07) is -0.554. The van der Waals surface area contributed by atoms with Crippen LogP contribution in [0.4, 0.5) is 0 Å². The summed E-state index contributed by atoms with van der Waals surface area (Å²) in [5.41, 5.74) is -1.78. The molecule has 1 amide bonds. The molecule has 8 nitrogen and oxygen atoms in total. The van der Waals surface area contributed by atoms with Gasteiger partial charge in [0, 0.05) is 12.2 Å². The minimum absolute atomic E-state index is 0.221. The Bertz CT molecular complexity index is 574. The van der Waals surface area contributed by atoms with Crippen LogP contribution in [-0.2, 0) is 4.79 Å². The average Bonchev–Trinajstić information content (AvgIpc) is 2.27. The van der Waals surface area contributed by atoms with Crippen LogP contribution < -0.4 is 16.6 Å². The topological polar surface area (TPSA) is 132 Å². The molecule has 0 fully saturated rings. The van der Waals surface area contributed by atoms with Crippen LogP contribution in [0.1, 0.15) is 36.5 Å². The van der Waals surface area contributed by atoms with Crippen molar-refractivity contribution < 1.29 is 14.7 Å². The summed E-state index contributed by atoms with van der Waals surface area (Å²) >= 11 is 0. The second-order valence-electron chi connectivity index (χ2n) is 4.04. The Morgan fingerprint density at radius 1 is 1.42 bits per heavy atom. The number of amides is 1. The number of aromatic nitrogens is 2. The average molecular weight is 269 g/mol. The van der Waals surface area contributed by atoms with Crippen LogP contribution in [0.15, 0.2) is 15.8 Å². The number of hydrogen-bond acceptors (Lipinski definition) is 4. The first-order chi connectivity index (χ1) is 8.93. The van der Waals surface area contributed by atoms with Crippen molar-refractivity contribution in [3.05, 3.63) is 32.6 Å². The van der Waals surface area contributed by atoms with Crippen molar-refractivity contribution in [2.24, 2.45) is 0 Å². The summed E-state index contributed by atoms with van der Waals surface area (Å²) in [5, 5.41) is 11.2.